The lowest BCUT2D eigenvalue weighted by atomic mass is 10.1. The van der Waals surface area contributed by atoms with Gasteiger partial charge in [0.15, 0.2) is 0 Å². The van der Waals surface area contributed by atoms with E-state index in [4.69, 9.17) is 4.74 Å². The Morgan fingerprint density at radius 3 is 2.94 bits per heavy atom. The van der Waals surface area contributed by atoms with Crippen LogP contribution in [0.3, 0.4) is 0 Å². The number of para-hydroxylation sites is 1. The molecule has 2 aliphatic rings. The van der Waals surface area contributed by atoms with Gasteiger partial charge in [0.05, 0.1) is 6.10 Å². The fourth-order valence-corrected chi connectivity index (χ4v) is 3.27. The maximum atomic E-state index is 5.65. The standard InChI is InChI=1S/C15H22N2O/c1-11-15(7-8-18-11)17(2)10-13-9-12-5-3-4-6-14(12)16-13/h3-6,11,13,15-16H,7-10H2,1-2H3. The number of anilines is 1. The van der Waals surface area contributed by atoms with Crippen LogP contribution >= 0.6 is 0 Å². The zero-order valence-electron chi connectivity index (χ0n) is 11.2. The summed E-state index contributed by atoms with van der Waals surface area (Å²) < 4.78 is 5.65. The van der Waals surface area contributed by atoms with Gasteiger partial charge in [-0.15, -0.1) is 0 Å². The van der Waals surface area contributed by atoms with Gasteiger partial charge in [-0.05, 0) is 38.4 Å². The second-order valence-corrected chi connectivity index (χ2v) is 5.57. The van der Waals surface area contributed by atoms with E-state index in [1.54, 1.807) is 0 Å². The van der Waals surface area contributed by atoms with E-state index in [0.29, 0.717) is 18.2 Å². The SMILES string of the molecule is CC1OCCC1N(C)CC1Cc2ccccc2N1. The quantitative estimate of drug-likeness (QED) is 0.884. The van der Waals surface area contributed by atoms with Crippen LogP contribution in [0.1, 0.15) is 18.9 Å². The summed E-state index contributed by atoms with van der Waals surface area (Å²) in [6, 6.07) is 9.75. The average molecular weight is 246 g/mol. The predicted molar refractivity (Wildman–Crippen MR) is 74.0 cm³/mol. The van der Waals surface area contributed by atoms with Crippen molar-refractivity contribution in [1.29, 1.82) is 0 Å². The molecule has 2 aliphatic heterocycles. The first kappa shape index (κ1) is 12.0. The summed E-state index contributed by atoms with van der Waals surface area (Å²) in [5.74, 6) is 0. The zero-order chi connectivity index (χ0) is 12.5. The van der Waals surface area contributed by atoms with Crippen LogP contribution in [0, 0.1) is 0 Å². The Balaban J connectivity index is 1.59. The van der Waals surface area contributed by atoms with Crippen molar-refractivity contribution in [1.82, 2.24) is 4.90 Å². The summed E-state index contributed by atoms with van der Waals surface area (Å²) >= 11 is 0. The van der Waals surface area contributed by atoms with Gasteiger partial charge in [-0.3, -0.25) is 4.90 Å². The van der Waals surface area contributed by atoms with E-state index in [1.807, 2.05) is 0 Å². The lowest BCUT2D eigenvalue weighted by molar-refractivity contribution is 0.0826. The fourth-order valence-electron chi connectivity index (χ4n) is 3.27. The van der Waals surface area contributed by atoms with Crippen molar-refractivity contribution in [3.63, 3.8) is 0 Å². The van der Waals surface area contributed by atoms with E-state index < -0.39 is 0 Å². The number of likely N-dealkylation sites (N-methyl/N-ethyl adjacent to an activating group) is 1. The van der Waals surface area contributed by atoms with Gasteiger partial charge in [0, 0.05) is 30.9 Å². The van der Waals surface area contributed by atoms with E-state index in [-0.39, 0.29) is 0 Å². The molecule has 1 aromatic carbocycles. The first-order valence-electron chi connectivity index (χ1n) is 6.90. The lowest BCUT2D eigenvalue weighted by Crippen LogP contribution is -2.42. The summed E-state index contributed by atoms with van der Waals surface area (Å²) in [6.45, 7) is 4.19. The minimum Gasteiger partial charge on any atom is -0.380 e. The van der Waals surface area contributed by atoms with Crippen LogP contribution in [0.4, 0.5) is 5.69 Å². The Labute approximate surface area is 109 Å². The summed E-state index contributed by atoms with van der Waals surface area (Å²) in [7, 11) is 2.22. The second-order valence-electron chi connectivity index (χ2n) is 5.57. The molecule has 0 bridgehead atoms. The molecule has 0 saturated carbocycles. The van der Waals surface area contributed by atoms with Gasteiger partial charge in [-0.1, -0.05) is 18.2 Å². The van der Waals surface area contributed by atoms with Gasteiger partial charge >= 0.3 is 0 Å². The van der Waals surface area contributed by atoms with Crippen molar-refractivity contribution in [2.45, 2.75) is 38.0 Å². The monoisotopic (exact) mass is 246 g/mol. The third kappa shape index (κ3) is 2.25. The Morgan fingerprint density at radius 1 is 1.39 bits per heavy atom. The number of fused-ring (bicyclic) bond motifs is 1. The molecule has 0 radical (unpaired) electrons. The smallest absolute Gasteiger partial charge is 0.0702 e. The maximum absolute atomic E-state index is 5.65. The third-order valence-electron chi connectivity index (χ3n) is 4.25. The number of hydrogen-bond acceptors (Lipinski definition) is 3. The van der Waals surface area contributed by atoms with Gasteiger partial charge in [0.25, 0.3) is 0 Å². The number of nitrogens with one attached hydrogen (secondary N) is 1. The summed E-state index contributed by atoms with van der Waals surface area (Å²) in [4.78, 5) is 2.46. The minimum absolute atomic E-state index is 0.374. The van der Waals surface area contributed by atoms with Crippen LogP contribution in [-0.4, -0.2) is 43.3 Å². The third-order valence-corrected chi connectivity index (χ3v) is 4.25. The molecule has 1 N–H and O–H groups in total. The Morgan fingerprint density at radius 2 is 2.22 bits per heavy atom. The lowest BCUT2D eigenvalue weighted by Gasteiger charge is -2.29. The Kier molecular flexibility index (Phi) is 3.27. The van der Waals surface area contributed by atoms with Crippen molar-refractivity contribution >= 4 is 5.69 Å². The van der Waals surface area contributed by atoms with E-state index >= 15 is 0 Å². The highest BCUT2D eigenvalue weighted by Gasteiger charge is 2.30. The molecule has 0 amide bonds. The Bertz CT molecular complexity index is 396. The number of rotatable bonds is 3. The zero-order valence-corrected chi connectivity index (χ0v) is 11.2. The molecule has 1 fully saturated rings. The van der Waals surface area contributed by atoms with Crippen LogP contribution in [0.15, 0.2) is 24.3 Å². The first-order chi connectivity index (χ1) is 8.74. The highest BCUT2D eigenvalue weighted by molar-refractivity contribution is 5.56. The molecule has 3 nitrogen and oxygen atoms in total. The molecule has 0 spiro atoms. The summed E-state index contributed by atoms with van der Waals surface area (Å²) in [5.41, 5.74) is 2.76. The predicted octanol–water partition coefficient (Wildman–Crippen LogP) is 2.13. The average Bonchev–Trinajstić information content (AvgIpc) is 2.94. The van der Waals surface area contributed by atoms with Crippen LogP contribution in [-0.2, 0) is 11.2 Å². The maximum Gasteiger partial charge on any atom is 0.0702 e. The van der Waals surface area contributed by atoms with Gasteiger partial charge < -0.3 is 10.1 Å². The van der Waals surface area contributed by atoms with Crippen LogP contribution in [0.2, 0.25) is 0 Å². The number of nitrogens with zero attached hydrogens (tertiary/aromatic N) is 1. The van der Waals surface area contributed by atoms with Crippen molar-refractivity contribution < 1.29 is 4.74 Å². The summed E-state index contributed by atoms with van der Waals surface area (Å²) in [6.07, 6.45) is 2.68. The van der Waals surface area contributed by atoms with Crippen molar-refractivity contribution in [2.24, 2.45) is 0 Å². The fraction of sp³-hybridized carbons (Fsp3) is 0.600. The van der Waals surface area contributed by atoms with E-state index in [0.717, 1.165) is 26.0 Å². The molecule has 0 aliphatic carbocycles. The van der Waals surface area contributed by atoms with Gasteiger partial charge in [-0.25, -0.2) is 0 Å². The summed E-state index contributed by atoms with van der Waals surface area (Å²) in [5, 5.41) is 3.62. The molecule has 98 valence electrons. The molecule has 3 rings (SSSR count). The number of hydrogen-bond donors (Lipinski definition) is 1. The van der Waals surface area contributed by atoms with Gasteiger partial charge in [0.2, 0.25) is 0 Å². The molecular weight excluding hydrogens is 224 g/mol. The molecule has 18 heavy (non-hydrogen) atoms. The van der Waals surface area contributed by atoms with E-state index in [9.17, 15) is 0 Å². The molecule has 3 heteroatoms. The number of ether oxygens (including phenoxy) is 1. The molecule has 3 unspecified atom stereocenters. The van der Waals surface area contributed by atoms with Gasteiger partial charge in [0.1, 0.15) is 0 Å². The highest BCUT2D eigenvalue weighted by atomic mass is 16.5. The molecule has 0 aromatic heterocycles. The van der Waals surface area contributed by atoms with Crippen molar-refractivity contribution in [3.8, 4) is 0 Å². The minimum atomic E-state index is 0.374. The van der Waals surface area contributed by atoms with E-state index in [2.05, 4.69) is 48.5 Å². The van der Waals surface area contributed by atoms with Crippen LogP contribution < -0.4 is 5.32 Å². The molecule has 1 aromatic rings. The molecule has 1 saturated heterocycles. The van der Waals surface area contributed by atoms with E-state index in [1.165, 1.54) is 11.3 Å². The normalized spacial score (nSPS) is 30.5. The number of benzene rings is 1. The second kappa shape index (κ2) is 4.90. The molecule has 2 heterocycles. The Hall–Kier alpha value is -1.06. The van der Waals surface area contributed by atoms with Crippen molar-refractivity contribution in [2.75, 3.05) is 25.5 Å². The molecular formula is C15H22N2O. The molecule has 3 atom stereocenters. The van der Waals surface area contributed by atoms with Crippen LogP contribution in [0.25, 0.3) is 0 Å². The highest BCUT2D eigenvalue weighted by Crippen LogP contribution is 2.26. The van der Waals surface area contributed by atoms with Crippen molar-refractivity contribution in [3.05, 3.63) is 29.8 Å². The van der Waals surface area contributed by atoms with Gasteiger partial charge in [-0.2, -0.15) is 0 Å². The topological polar surface area (TPSA) is 24.5 Å². The largest absolute Gasteiger partial charge is 0.380 e. The van der Waals surface area contributed by atoms with Crippen LogP contribution in [0.5, 0.6) is 0 Å². The first-order valence-corrected chi connectivity index (χ1v) is 6.90.